The molecule has 0 aliphatic heterocycles. The van der Waals surface area contributed by atoms with E-state index in [-0.39, 0.29) is 0 Å². The molecule has 0 fully saturated rings. The van der Waals surface area contributed by atoms with Crippen molar-refractivity contribution in [2.24, 2.45) is 0 Å². The second kappa shape index (κ2) is 6.63. The number of thiazole rings is 1. The second-order valence-corrected chi connectivity index (χ2v) is 4.89. The fourth-order valence-electron chi connectivity index (χ4n) is 1.36. The molecule has 0 unspecified atom stereocenters. The van der Waals surface area contributed by atoms with Gasteiger partial charge in [-0.15, -0.1) is 4.57 Å². The van der Waals surface area contributed by atoms with Crippen LogP contribution in [-0.2, 0) is 0 Å². The Bertz CT molecular complexity index is 354. The highest BCUT2D eigenvalue weighted by molar-refractivity contribution is 7.09. The van der Waals surface area contributed by atoms with Gasteiger partial charge in [-0.25, -0.2) is 0 Å². The SMILES string of the molecule is CCCCCCC#C[n+]1csc(C)c1C. The molecule has 0 aliphatic rings. The minimum absolute atomic E-state index is 1.03. The predicted octanol–water partition coefficient (Wildman–Crippen LogP) is 3.43. The summed E-state index contributed by atoms with van der Waals surface area (Å²) in [5, 5.41) is 0. The molecule has 0 saturated heterocycles. The van der Waals surface area contributed by atoms with Gasteiger partial charge >= 0.3 is 0 Å². The quantitative estimate of drug-likeness (QED) is 0.417. The molecule has 1 nitrogen and oxygen atoms in total. The maximum absolute atomic E-state index is 3.23. The van der Waals surface area contributed by atoms with Gasteiger partial charge in [0.2, 0.25) is 17.2 Å². The topological polar surface area (TPSA) is 3.88 Å². The Labute approximate surface area is 97.2 Å². The molecule has 0 spiro atoms. The monoisotopic (exact) mass is 222 g/mol. The van der Waals surface area contributed by atoms with Crippen molar-refractivity contribution in [1.29, 1.82) is 0 Å². The third-order valence-corrected chi connectivity index (χ3v) is 3.53. The summed E-state index contributed by atoms with van der Waals surface area (Å²) in [4.78, 5) is 1.36. The van der Waals surface area contributed by atoms with Crippen molar-refractivity contribution in [2.45, 2.75) is 52.9 Å². The average Bonchev–Trinajstić information content (AvgIpc) is 2.54. The van der Waals surface area contributed by atoms with E-state index < -0.39 is 0 Å². The van der Waals surface area contributed by atoms with Gasteiger partial charge in [-0.1, -0.05) is 37.5 Å². The zero-order valence-corrected chi connectivity index (χ0v) is 10.8. The van der Waals surface area contributed by atoms with E-state index in [1.165, 1.54) is 36.3 Å². The number of hydrogen-bond acceptors (Lipinski definition) is 1. The first-order valence-electron chi connectivity index (χ1n) is 5.71. The third-order valence-electron chi connectivity index (χ3n) is 2.56. The number of nitrogens with zero attached hydrogens (tertiary/aromatic N) is 1. The molecular weight excluding hydrogens is 202 g/mol. The maximum atomic E-state index is 3.23. The van der Waals surface area contributed by atoms with Gasteiger partial charge in [-0.2, -0.15) is 0 Å². The minimum atomic E-state index is 1.03. The zero-order chi connectivity index (χ0) is 11.1. The molecular formula is C13H20NS+. The van der Waals surface area contributed by atoms with Gasteiger partial charge in [0.25, 0.3) is 0 Å². The minimum Gasteiger partial charge on any atom is -0.105 e. The van der Waals surface area contributed by atoms with Gasteiger partial charge in [0, 0.05) is 13.3 Å². The lowest BCUT2D eigenvalue weighted by atomic mass is 10.2. The first-order chi connectivity index (χ1) is 7.25. The first-order valence-corrected chi connectivity index (χ1v) is 6.59. The van der Waals surface area contributed by atoms with Crippen LogP contribution >= 0.6 is 11.3 Å². The lowest BCUT2D eigenvalue weighted by molar-refractivity contribution is -0.585. The molecule has 1 aromatic rings. The van der Waals surface area contributed by atoms with E-state index in [1.807, 2.05) is 4.57 Å². The Morgan fingerprint density at radius 2 is 2.07 bits per heavy atom. The summed E-state index contributed by atoms with van der Waals surface area (Å²) in [6, 6.07) is 3.19. The van der Waals surface area contributed by atoms with Gasteiger partial charge in [0.15, 0.2) is 0 Å². The van der Waals surface area contributed by atoms with Crippen molar-refractivity contribution in [2.75, 3.05) is 0 Å². The normalized spacial score (nSPS) is 9.80. The van der Waals surface area contributed by atoms with Gasteiger partial charge in [-0.3, -0.25) is 0 Å². The van der Waals surface area contributed by atoms with Crippen molar-refractivity contribution < 1.29 is 4.57 Å². The molecule has 15 heavy (non-hydrogen) atoms. The third kappa shape index (κ3) is 4.05. The Morgan fingerprint density at radius 3 is 2.67 bits per heavy atom. The Kier molecular flexibility index (Phi) is 5.42. The van der Waals surface area contributed by atoms with Crippen LogP contribution in [0, 0.1) is 25.8 Å². The molecule has 0 radical (unpaired) electrons. The van der Waals surface area contributed by atoms with Crippen LogP contribution in [0.5, 0.6) is 0 Å². The highest BCUT2D eigenvalue weighted by Crippen LogP contribution is 2.06. The van der Waals surface area contributed by atoms with Crippen LogP contribution in [0.15, 0.2) is 5.51 Å². The lowest BCUT2D eigenvalue weighted by Crippen LogP contribution is -2.28. The standard InChI is InChI=1S/C13H20NS/c1-4-5-6-7-8-9-10-14-11-15-13(3)12(14)2/h11H,4-8H2,1-3H3/q+1. The van der Waals surface area contributed by atoms with Crippen LogP contribution in [0.2, 0.25) is 0 Å². The van der Waals surface area contributed by atoms with E-state index >= 15 is 0 Å². The van der Waals surface area contributed by atoms with Crippen LogP contribution in [-0.4, -0.2) is 0 Å². The first kappa shape index (κ1) is 12.3. The summed E-state index contributed by atoms with van der Waals surface area (Å²) >= 11 is 1.76. The molecule has 0 saturated carbocycles. The number of hydrogen-bond donors (Lipinski definition) is 0. The van der Waals surface area contributed by atoms with E-state index in [0.29, 0.717) is 0 Å². The molecule has 0 aliphatic carbocycles. The Hall–Kier alpha value is -0.810. The van der Waals surface area contributed by atoms with Gasteiger partial charge in [0.1, 0.15) is 0 Å². The molecule has 0 aromatic carbocycles. The molecule has 2 heteroatoms. The summed E-state index contributed by atoms with van der Waals surface area (Å²) in [6.45, 7) is 6.50. The van der Waals surface area contributed by atoms with E-state index in [0.717, 1.165) is 6.42 Å². The average molecular weight is 222 g/mol. The van der Waals surface area contributed by atoms with Crippen LogP contribution in [0.4, 0.5) is 0 Å². The number of unbranched alkanes of at least 4 members (excludes halogenated alkanes) is 4. The Balaban J connectivity index is 2.35. The van der Waals surface area contributed by atoms with Crippen molar-refractivity contribution >= 4 is 11.3 Å². The van der Waals surface area contributed by atoms with E-state index in [2.05, 4.69) is 38.2 Å². The summed E-state index contributed by atoms with van der Waals surface area (Å²) in [6.07, 6.45) is 6.22. The molecule has 0 bridgehead atoms. The smallest absolute Gasteiger partial charge is 0.105 e. The van der Waals surface area contributed by atoms with Crippen LogP contribution < -0.4 is 4.57 Å². The molecule has 82 valence electrons. The summed E-state index contributed by atoms with van der Waals surface area (Å²) < 4.78 is 2.04. The fourth-order valence-corrected chi connectivity index (χ4v) is 2.10. The van der Waals surface area contributed by atoms with Crippen molar-refractivity contribution in [3.63, 3.8) is 0 Å². The molecule has 0 amide bonds. The maximum Gasteiger partial charge on any atom is 0.240 e. The molecule has 0 atom stereocenters. The van der Waals surface area contributed by atoms with Gasteiger partial charge in [0.05, 0.1) is 4.88 Å². The Morgan fingerprint density at radius 1 is 1.27 bits per heavy atom. The second-order valence-electron chi connectivity index (χ2n) is 3.83. The molecule has 1 rings (SSSR count). The van der Waals surface area contributed by atoms with Crippen molar-refractivity contribution in [1.82, 2.24) is 0 Å². The zero-order valence-electron chi connectivity index (χ0n) is 9.97. The van der Waals surface area contributed by atoms with Crippen LogP contribution in [0.25, 0.3) is 0 Å². The number of aromatic nitrogens is 1. The fraction of sp³-hybridized carbons (Fsp3) is 0.615. The number of aryl methyl sites for hydroxylation is 1. The predicted molar refractivity (Wildman–Crippen MR) is 65.9 cm³/mol. The highest BCUT2D eigenvalue weighted by Gasteiger charge is 2.08. The van der Waals surface area contributed by atoms with E-state index in [4.69, 9.17) is 0 Å². The highest BCUT2D eigenvalue weighted by atomic mass is 32.1. The van der Waals surface area contributed by atoms with E-state index in [1.54, 1.807) is 11.3 Å². The summed E-state index contributed by atoms with van der Waals surface area (Å²) in [5.74, 6) is 3.23. The van der Waals surface area contributed by atoms with Gasteiger partial charge in [-0.05, 0) is 19.3 Å². The van der Waals surface area contributed by atoms with Crippen molar-refractivity contribution in [3.05, 3.63) is 16.1 Å². The number of rotatable bonds is 4. The summed E-state index contributed by atoms with van der Waals surface area (Å²) in [7, 11) is 0. The van der Waals surface area contributed by atoms with Gasteiger partial charge < -0.3 is 0 Å². The van der Waals surface area contributed by atoms with E-state index in [9.17, 15) is 0 Å². The van der Waals surface area contributed by atoms with Crippen molar-refractivity contribution in [3.8, 4) is 12.0 Å². The largest absolute Gasteiger partial charge is 0.240 e. The summed E-state index contributed by atoms with van der Waals surface area (Å²) in [5.41, 5.74) is 3.37. The molecule has 1 aromatic heterocycles. The molecule has 1 heterocycles. The lowest BCUT2D eigenvalue weighted by Gasteiger charge is -1.90. The van der Waals surface area contributed by atoms with Crippen LogP contribution in [0.1, 0.15) is 49.6 Å². The molecule has 0 N–H and O–H groups in total. The van der Waals surface area contributed by atoms with Crippen LogP contribution in [0.3, 0.4) is 0 Å².